The molecular weight excluding hydrogens is 211 g/mol. The Hall–Kier alpha value is -0.260. The number of alkyl halides is 3. The molecule has 0 amide bonds. The van der Waals surface area contributed by atoms with Gasteiger partial charge in [0.05, 0.1) is 5.02 Å². The van der Waals surface area contributed by atoms with Crippen LogP contribution in [0.3, 0.4) is 0 Å². The number of hydrogen-bond donors (Lipinski definition) is 1. The van der Waals surface area contributed by atoms with Crippen molar-refractivity contribution in [3.05, 3.63) is 21.3 Å². The molecule has 1 aromatic rings. The Kier molecular flexibility index (Phi) is 2.65. The maximum Gasteiger partial charge on any atom is 0.407 e. The summed E-state index contributed by atoms with van der Waals surface area (Å²) in [6.45, 7) is 0. The van der Waals surface area contributed by atoms with Crippen LogP contribution in [0.1, 0.15) is 11.6 Å². The van der Waals surface area contributed by atoms with E-state index in [0.717, 1.165) is 11.3 Å². The molecule has 0 radical (unpaired) electrons. The van der Waals surface area contributed by atoms with Gasteiger partial charge in [-0.25, -0.2) is 0 Å². The molecule has 1 aromatic heterocycles. The van der Waals surface area contributed by atoms with Crippen LogP contribution in [-0.2, 0) is 0 Å². The Morgan fingerprint density at radius 2 is 2.00 bits per heavy atom. The van der Waals surface area contributed by atoms with Gasteiger partial charge in [0, 0.05) is 10.9 Å². The van der Waals surface area contributed by atoms with E-state index in [4.69, 9.17) is 17.3 Å². The SMILES string of the molecule is NC(c1cscc1Cl)C(F)(F)F. The number of nitrogens with two attached hydrogens (primary N) is 1. The van der Waals surface area contributed by atoms with E-state index in [-0.39, 0.29) is 10.6 Å². The highest BCUT2D eigenvalue weighted by Crippen LogP contribution is 2.35. The summed E-state index contributed by atoms with van der Waals surface area (Å²) in [5.74, 6) is 0. The van der Waals surface area contributed by atoms with E-state index < -0.39 is 12.2 Å². The summed E-state index contributed by atoms with van der Waals surface area (Å²) in [4.78, 5) is 0. The van der Waals surface area contributed by atoms with Crippen molar-refractivity contribution in [1.82, 2.24) is 0 Å². The van der Waals surface area contributed by atoms with Gasteiger partial charge >= 0.3 is 6.18 Å². The van der Waals surface area contributed by atoms with E-state index in [9.17, 15) is 13.2 Å². The lowest BCUT2D eigenvalue weighted by Gasteiger charge is -2.14. The lowest BCUT2D eigenvalue weighted by Crippen LogP contribution is -2.28. The summed E-state index contributed by atoms with van der Waals surface area (Å²) in [7, 11) is 0. The quantitative estimate of drug-likeness (QED) is 0.766. The lowest BCUT2D eigenvalue weighted by molar-refractivity contribution is -0.149. The van der Waals surface area contributed by atoms with Gasteiger partial charge in [-0.2, -0.15) is 24.5 Å². The molecule has 0 saturated carbocycles. The second kappa shape index (κ2) is 3.24. The molecule has 0 fully saturated rings. The molecule has 0 aliphatic heterocycles. The highest BCUT2D eigenvalue weighted by Gasteiger charge is 2.39. The zero-order valence-electron chi connectivity index (χ0n) is 5.73. The number of thiophene rings is 1. The van der Waals surface area contributed by atoms with E-state index in [0.29, 0.717) is 0 Å². The van der Waals surface area contributed by atoms with Gasteiger partial charge in [0.25, 0.3) is 0 Å². The van der Waals surface area contributed by atoms with Crippen molar-refractivity contribution in [3.63, 3.8) is 0 Å². The van der Waals surface area contributed by atoms with E-state index in [1.165, 1.54) is 10.8 Å². The summed E-state index contributed by atoms with van der Waals surface area (Å²) in [5.41, 5.74) is 4.85. The monoisotopic (exact) mass is 215 g/mol. The third-order valence-electron chi connectivity index (χ3n) is 1.33. The maximum atomic E-state index is 12.0. The average molecular weight is 216 g/mol. The van der Waals surface area contributed by atoms with Crippen LogP contribution in [0.4, 0.5) is 13.2 Å². The normalized spacial score (nSPS) is 14.8. The van der Waals surface area contributed by atoms with Gasteiger partial charge < -0.3 is 5.73 Å². The first-order valence-electron chi connectivity index (χ1n) is 2.97. The van der Waals surface area contributed by atoms with Crippen LogP contribution in [0.5, 0.6) is 0 Å². The van der Waals surface area contributed by atoms with Gasteiger partial charge in [-0.05, 0) is 5.38 Å². The van der Waals surface area contributed by atoms with Crippen LogP contribution in [0.25, 0.3) is 0 Å². The van der Waals surface area contributed by atoms with E-state index in [1.54, 1.807) is 0 Å². The van der Waals surface area contributed by atoms with Crippen molar-refractivity contribution in [1.29, 1.82) is 0 Å². The summed E-state index contributed by atoms with van der Waals surface area (Å²) in [6, 6.07) is -1.98. The molecule has 0 aliphatic rings. The van der Waals surface area contributed by atoms with Gasteiger partial charge in [0.15, 0.2) is 0 Å². The predicted octanol–water partition coefficient (Wildman–Crippen LogP) is 2.96. The van der Waals surface area contributed by atoms with Crippen molar-refractivity contribution in [2.24, 2.45) is 5.73 Å². The first kappa shape index (κ1) is 9.83. The highest BCUT2D eigenvalue weighted by molar-refractivity contribution is 7.08. The molecule has 12 heavy (non-hydrogen) atoms. The molecule has 0 aliphatic carbocycles. The van der Waals surface area contributed by atoms with Crippen molar-refractivity contribution >= 4 is 22.9 Å². The largest absolute Gasteiger partial charge is 0.407 e. The fraction of sp³-hybridized carbons (Fsp3) is 0.333. The van der Waals surface area contributed by atoms with Crippen LogP contribution in [0.15, 0.2) is 10.8 Å². The minimum atomic E-state index is -4.43. The second-order valence-corrected chi connectivity index (χ2v) is 3.35. The molecule has 68 valence electrons. The minimum absolute atomic E-state index is 0.0610. The Morgan fingerprint density at radius 1 is 1.42 bits per heavy atom. The van der Waals surface area contributed by atoms with E-state index in [1.807, 2.05) is 0 Å². The van der Waals surface area contributed by atoms with Crippen molar-refractivity contribution in [3.8, 4) is 0 Å². The second-order valence-electron chi connectivity index (χ2n) is 2.19. The molecule has 2 N–H and O–H groups in total. The van der Waals surface area contributed by atoms with Gasteiger partial charge in [0.2, 0.25) is 0 Å². The van der Waals surface area contributed by atoms with Crippen LogP contribution in [-0.4, -0.2) is 6.18 Å². The molecule has 1 heterocycles. The Balaban J connectivity index is 2.92. The average Bonchev–Trinajstić information content (AvgIpc) is 2.31. The van der Waals surface area contributed by atoms with Gasteiger partial charge in [0.1, 0.15) is 6.04 Å². The summed E-state index contributed by atoms with van der Waals surface area (Å²) >= 11 is 6.57. The fourth-order valence-corrected chi connectivity index (χ4v) is 1.82. The van der Waals surface area contributed by atoms with Crippen molar-refractivity contribution < 1.29 is 13.2 Å². The topological polar surface area (TPSA) is 26.0 Å². The Bertz CT molecular complexity index is 270. The van der Waals surface area contributed by atoms with Crippen molar-refractivity contribution in [2.75, 3.05) is 0 Å². The van der Waals surface area contributed by atoms with Gasteiger partial charge in [-0.15, -0.1) is 0 Å². The minimum Gasteiger partial charge on any atom is -0.316 e. The van der Waals surface area contributed by atoms with E-state index >= 15 is 0 Å². The number of halogens is 4. The third kappa shape index (κ3) is 1.91. The maximum absolute atomic E-state index is 12.0. The molecular formula is C6H5ClF3NS. The molecule has 1 nitrogen and oxygen atoms in total. The van der Waals surface area contributed by atoms with E-state index in [2.05, 4.69) is 0 Å². The van der Waals surface area contributed by atoms with Gasteiger partial charge in [-0.1, -0.05) is 11.6 Å². The van der Waals surface area contributed by atoms with Crippen LogP contribution >= 0.6 is 22.9 Å². The van der Waals surface area contributed by atoms with Crippen LogP contribution in [0.2, 0.25) is 5.02 Å². The first-order chi connectivity index (χ1) is 5.43. The smallest absolute Gasteiger partial charge is 0.316 e. The lowest BCUT2D eigenvalue weighted by atomic mass is 10.1. The van der Waals surface area contributed by atoms with Gasteiger partial charge in [-0.3, -0.25) is 0 Å². The zero-order chi connectivity index (χ0) is 9.35. The highest BCUT2D eigenvalue weighted by atomic mass is 35.5. The summed E-state index contributed by atoms with van der Waals surface area (Å²) in [6.07, 6.45) is -4.43. The molecule has 0 saturated heterocycles. The molecule has 1 rings (SSSR count). The van der Waals surface area contributed by atoms with Crippen molar-refractivity contribution in [2.45, 2.75) is 12.2 Å². The molecule has 1 atom stereocenters. The third-order valence-corrected chi connectivity index (χ3v) is 2.55. The predicted molar refractivity (Wildman–Crippen MR) is 42.3 cm³/mol. The Morgan fingerprint density at radius 3 is 2.33 bits per heavy atom. The van der Waals surface area contributed by atoms with Crippen LogP contribution < -0.4 is 5.73 Å². The number of rotatable bonds is 1. The molecule has 0 bridgehead atoms. The van der Waals surface area contributed by atoms with Crippen LogP contribution in [0, 0.1) is 0 Å². The molecule has 0 aromatic carbocycles. The summed E-state index contributed by atoms with van der Waals surface area (Å²) in [5, 5.41) is 2.80. The molecule has 1 unspecified atom stereocenters. The standard InChI is InChI=1S/C6H5ClF3NS/c7-4-2-12-1-3(4)5(11)6(8,9)10/h1-2,5H,11H2. The molecule has 0 spiro atoms. The zero-order valence-corrected chi connectivity index (χ0v) is 7.30. The Labute approximate surface area is 75.9 Å². The fourth-order valence-electron chi connectivity index (χ4n) is 0.690. The number of hydrogen-bond acceptors (Lipinski definition) is 2. The summed E-state index contributed by atoms with van der Waals surface area (Å²) < 4.78 is 36.0. The first-order valence-corrected chi connectivity index (χ1v) is 4.29. The molecule has 6 heteroatoms.